The smallest absolute Gasteiger partial charge is 0.256 e. The van der Waals surface area contributed by atoms with Crippen LogP contribution >= 0.6 is 0 Å². The molecule has 5 rings (SSSR count). The summed E-state index contributed by atoms with van der Waals surface area (Å²) in [7, 11) is 0. The Morgan fingerprint density at radius 2 is 1.65 bits per heavy atom. The average Bonchev–Trinajstić information content (AvgIpc) is 3.28. The monoisotopic (exact) mass is 453 g/mol. The van der Waals surface area contributed by atoms with Crippen molar-refractivity contribution < 1.29 is 4.79 Å². The van der Waals surface area contributed by atoms with Crippen molar-refractivity contribution in [2.75, 3.05) is 31.1 Å². The van der Waals surface area contributed by atoms with E-state index in [-0.39, 0.29) is 5.91 Å². The number of rotatable bonds is 4. The first-order chi connectivity index (χ1) is 16.6. The molecule has 0 unspecified atom stereocenters. The van der Waals surface area contributed by atoms with Gasteiger partial charge in [0.25, 0.3) is 5.91 Å². The first-order valence-electron chi connectivity index (χ1n) is 11.5. The van der Waals surface area contributed by atoms with Crippen molar-refractivity contribution in [1.82, 2.24) is 29.9 Å². The molecule has 0 atom stereocenters. The van der Waals surface area contributed by atoms with Crippen molar-refractivity contribution in [1.29, 1.82) is 0 Å². The Balaban J connectivity index is 1.32. The number of aromatic nitrogens is 5. The minimum atomic E-state index is -0.00586. The third-order valence-corrected chi connectivity index (χ3v) is 6.18. The summed E-state index contributed by atoms with van der Waals surface area (Å²) in [6, 6.07) is 14.0. The van der Waals surface area contributed by atoms with Crippen molar-refractivity contribution in [3.63, 3.8) is 0 Å². The first kappa shape index (κ1) is 21.8. The van der Waals surface area contributed by atoms with Crippen LogP contribution in [0.3, 0.4) is 0 Å². The van der Waals surface area contributed by atoms with E-state index in [4.69, 9.17) is 0 Å². The van der Waals surface area contributed by atoms with Gasteiger partial charge in [0.05, 0.1) is 23.6 Å². The fourth-order valence-electron chi connectivity index (χ4n) is 4.35. The van der Waals surface area contributed by atoms with E-state index in [0.29, 0.717) is 36.8 Å². The third-order valence-electron chi connectivity index (χ3n) is 6.18. The quantitative estimate of drug-likeness (QED) is 0.469. The molecule has 1 amide bonds. The number of anilines is 1. The maximum absolute atomic E-state index is 13.5. The largest absolute Gasteiger partial charge is 0.339 e. The van der Waals surface area contributed by atoms with E-state index in [9.17, 15) is 4.79 Å². The molecule has 3 heterocycles. The molecular formula is C26H27N7O. The first-order valence-corrected chi connectivity index (χ1v) is 11.5. The van der Waals surface area contributed by atoms with Crippen LogP contribution < -0.4 is 4.90 Å². The zero-order valence-corrected chi connectivity index (χ0v) is 19.4. The molecular weight excluding hydrogens is 426 g/mol. The lowest BCUT2D eigenvalue weighted by Crippen LogP contribution is -2.36. The Bertz CT molecular complexity index is 1290. The van der Waals surface area contributed by atoms with E-state index >= 15 is 0 Å². The second-order valence-electron chi connectivity index (χ2n) is 8.56. The van der Waals surface area contributed by atoms with Gasteiger partial charge in [-0.25, -0.2) is 9.97 Å². The van der Waals surface area contributed by atoms with E-state index in [1.165, 1.54) is 10.4 Å². The summed E-state index contributed by atoms with van der Waals surface area (Å²) in [5, 5.41) is 8.44. The molecule has 172 valence electrons. The number of carbonyl (C=O) groups is 1. The van der Waals surface area contributed by atoms with Gasteiger partial charge in [0.1, 0.15) is 0 Å². The highest BCUT2D eigenvalue weighted by molar-refractivity contribution is 5.98. The molecule has 4 aromatic rings. The number of hydrogen-bond donors (Lipinski definition) is 0. The zero-order valence-electron chi connectivity index (χ0n) is 19.4. The van der Waals surface area contributed by atoms with E-state index in [0.717, 1.165) is 29.7 Å². The summed E-state index contributed by atoms with van der Waals surface area (Å²) in [5.74, 6) is 0.692. The van der Waals surface area contributed by atoms with Gasteiger partial charge < -0.3 is 9.80 Å². The number of benzene rings is 2. The molecule has 1 fully saturated rings. The van der Waals surface area contributed by atoms with Crippen LogP contribution in [0.2, 0.25) is 0 Å². The molecule has 1 aliphatic heterocycles. The standard InChI is InChI=1S/C26H27N7O/c1-19-8-9-24(33-29-10-11-30-33)23(16-19)25(34)31-12-5-13-32(15-14-31)26-27-17-21(18-28-26)22-7-4-3-6-20(22)2/h3-4,6-11,16-18H,5,12-15H2,1-2H3. The Morgan fingerprint density at radius 3 is 2.41 bits per heavy atom. The fraction of sp³-hybridized carbons (Fsp3) is 0.269. The van der Waals surface area contributed by atoms with Crippen LogP contribution in [0.15, 0.2) is 67.3 Å². The van der Waals surface area contributed by atoms with E-state index < -0.39 is 0 Å². The summed E-state index contributed by atoms with van der Waals surface area (Å²) >= 11 is 0. The van der Waals surface area contributed by atoms with Crippen molar-refractivity contribution in [3.05, 3.63) is 83.9 Å². The van der Waals surface area contributed by atoms with Crippen molar-refractivity contribution in [2.24, 2.45) is 0 Å². The Kier molecular flexibility index (Phi) is 6.03. The molecule has 0 N–H and O–H groups in total. The van der Waals surface area contributed by atoms with Gasteiger partial charge in [0, 0.05) is 44.1 Å². The molecule has 0 saturated carbocycles. The second kappa shape index (κ2) is 9.43. The van der Waals surface area contributed by atoms with Gasteiger partial charge in [0.15, 0.2) is 0 Å². The van der Waals surface area contributed by atoms with Crippen LogP contribution in [-0.2, 0) is 0 Å². The molecule has 0 bridgehead atoms. The topological polar surface area (TPSA) is 80.0 Å². The summed E-state index contributed by atoms with van der Waals surface area (Å²) in [6.45, 7) is 6.83. The van der Waals surface area contributed by atoms with Crippen LogP contribution in [0.4, 0.5) is 5.95 Å². The Labute approximate surface area is 198 Å². The maximum Gasteiger partial charge on any atom is 0.256 e. The minimum Gasteiger partial charge on any atom is -0.339 e. The summed E-state index contributed by atoms with van der Waals surface area (Å²) in [6.07, 6.45) is 7.84. The molecule has 8 nitrogen and oxygen atoms in total. The van der Waals surface area contributed by atoms with Crippen LogP contribution in [0.5, 0.6) is 0 Å². The molecule has 2 aromatic carbocycles. The lowest BCUT2D eigenvalue weighted by Gasteiger charge is -2.23. The number of nitrogens with zero attached hydrogens (tertiary/aromatic N) is 7. The molecule has 0 aliphatic carbocycles. The highest BCUT2D eigenvalue weighted by Gasteiger charge is 2.24. The van der Waals surface area contributed by atoms with Crippen LogP contribution in [-0.4, -0.2) is 61.9 Å². The Hall–Kier alpha value is -4.07. The van der Waals surface area contributed by atoms with Gasteiger partial charge >= 0.3 is 0 Å². The van der Waals surface area contributed by atoms with Gasteiger partial charge in [0.2, 0.25) is 5.95 Å². The lowest BCUT2D eigenvalue weighted by atomic mass is 10.0. The predicted octanol–water partition coefficient (Wildman–Crippen LogP) is 3.69. The highest BCUT2D eigenvalue weighted by Crippen LogP contribution is 2.23. The van der Waals surface area contributed by atoms with Crippen LogP contribution in [0.1, 0.15) is 27.9 Å². The van der Waals surface area contributed by atoms with Crippen LogP contribution in [0.25, 0.3) is 16.8 Å². The molecule has 8 heteroatoms. The number of amides is 1. The van der Waals surface area contributed by atoms with E-state index in [1.54, 1.807) is 12.4 Å². The zero-order chi connectivity index (χ0) is 23.5. The highest BCUT2D eigenvalue weighted by atomic mass is 16.2. The SMILES string of the molecule is Cc1ccc(-n2nccn2)c(C(=O)N2CCCN(c3ncc(-c4ccccc4C)cn3)CC2)c1. The molecule has 0 spiro atoms. The van der Waals surface area contributed by atoms with Crippen molar-refractivity contribution >= 4 is 11.9 Å². The number of aryl methyl sites for hydroxylation is 2. The lowest BCUT2D eigenvalue weighted by molar-refractivity contribution is 0.0766. The van der Waals surface area contributed by atoms with Crippen molar-refractivity contribution in [2.45, 2.75) is 20.3 Å². The summed E-state index contributed by atoms with van der Waals surface area (Å²) < 4.78 is 0. The predicted molar refractivity (Wildman–Crippen MR) is 131 cm³/mol. The Morgan fingerprint density at radius 1 is 0.882 bits per heavy atom. The number of hydrogen-bond acceptors (Lipinski definition) is 6. The van der Waals surface area contributed by atoms with Gasteiger partial charge in [-0.05, 0) is 43.5 Å². The van der Waals surface area contributed by atoms with Gasteiger partial charge in [-0.3, -0.25) is 4.79 Å². The van der Waals surface area contributed by atoms with Gasteiger partial charge in [-0.15, -0.1) is 0 Å². The number of carbonyl (C=O) groups excluding carboxylic acids is 1. The van der Waals surface area contributed by atoms with Gasteiger partial charge in [-0.2, -0.15) is 15.0 Å². The van der Waals surface area contributed by atoms with E-state index in [2.05, 4.69) is 44.1 Å². The second-order valence-corrected chi connectivity index (χ2v) is 8.56. The molecule has 1 aliphatic rings. The maximum atomic E-state index is 13.5. The van der Waals surface area contributed by atoms with E-state index in [1.807, 2.05) is 54.5 Å². The summed E-state index contributed by atoms with van der Waals surface area (Å²) in [4.78, 5) is 28.3. The molecule has 34 heavy (non-hydrogen) atoms. The normalized spacial score (nSPS) is 14.2. The minimum absolute atomic E-state index is 0.00586. The van der Waals surface area contributed by atoms with Crippen molar-refractivity contribution in [3.8, 4) is 16.8 Å². The summed E-state index contributed by atoms with van der Waals surface area (Å²) in [5.41, 5.74) is 5.68. The fourth-order valence-corrected chi connectivity index (χ4v) is 4.35. The molecule has 0 radical (unpaired) electrons. The molecule has 2 aromatic heterocycles. The third kappa shape index (κ3) is 4.39. The molecule has 1 saturated heterocycles. The van der Waals surface area contributed by atoms with Crippen LogP contribution in [0, 0.1) is 13.8 Å². The van der Waals surface area contributed by atoms with Gasteiger partial charge in [-0.1, -0.05) is 35.9 Å². The average molecular weight is 454 g/mol.